The Morgan fingerprint density at radius 2 is 2.07 bits per heavy atom. The van der Waals surface area contributed by atoms with Gasteiger partial charge in [0.25, 0.3) is 5.56 Å². The van der Waals surface area contributed by atoms with Crippen LogP contribution in [0.1, 0.15) is 5.69 Å². The summed E-state index contributed by atoms with van der Waals surface area (Å²) in [5.74, 6) is -0.907. The van der Waals surface area contributed by atoms with E-state index in [9.17, 15) is 18.8 Å². The lowest BCUT2D eigenvalue weighted by Crippen LogP contribution is -2.37. The molecular formula is C17H15FN6O4S. The molecule has 0 saturated heterocycles. The minimum absolute atomic E-state index is 0.0612. The van der Waals surface area contributed by atoms with E-state index in [0.29, 0.717) is 10.2 Å². The molecule has 0 aliphatic rings. The standard InChI is InChI=1S/C17H15FN6O4S/c1-23-14-13(15(26)24(2)17(23)27)9(21-22-14)6-12(25)20-16-19-8-5-10(28-3)7(18)4-11(8)29-16/h4-5H,6H2,1-3H3,(H,21,22)(H,19,20,25). The van der Waals surface area contributed by atoms with Gasteiger partial charge in [0.1, 0.15) is 5.39 Å². The number of aromatic nitrogens is 5. The van der Waals surface area contributed by atoms with Gasteiger partial charge < -0.3 is 10.1 Å². The zero-order chi connectivity index (χ0) is 20.9. The quantitative estimate of drug-likeness (QED) is 0.508. The Hall–Kier alpha value is -3.54. The first-order chi connectivity index (χ1) is 13.8. The first-order valence-corrected chi connectivity index (χ1v) is 9.18. The maximum Gasteiger partial charge on any atom is 0.332 e. The van der Waals surface area contributed by atoms with Crippen LogP contribution >= 0.6 is 11.3 Å². The molecule has 150 valence electrons. The lowest BCUT2D eigenvalue weighted by molar-refractivity contribution is -0.115. The minimum atomic E-state index is -0.540. The first-order valence-electron chi connectivity index (χ1n) is 8.37. The van der Waals surface area contributed by atoms with Gasteiger partial charge in [-0.3, -0.25) is 23.8 Å². The molecule has 0 spiro atoms. The highest BCUT2D eigenvalue weighted by Crippen LogP contribution is 2.31. The average molecular weight is 418 g/mol. The van der Waals surface area contributed by atoms with Crippen LogP contribution in [0.15, 0.2) is 21.7 Å². The SMILES string of the molecule is COc1cc2nc(NC(=O)Cc3[nH]nc4c3c(=O)n(C)c(=O)n4C)sc2cc1F. The van der Waals surface area contributed by atoms with E-state index in [4.69, 9.17) is 4.74 Å². The van der Waals surface area contributed by atoms with E-state index in [0.717, 1.165) is 15.9 Å². The molecule has 0 aliphatic carbocycles. The van der Waals surface area contributed by atoms with Crippen LogP contribution in [0.25, 0.3) is 21.3 Å². The lowest BCUT2D eigenvalue weighted by Gasteiger charge is -2.03. The molecule has 2 N–H and O–H groups in total. The van der Waals surface area contributed by atoms with E-state index < -0.39 is 23.0 Å². The highest BCUT2D eigenvalue weighted by molar-refractivity contribution is 7.22. The fourth-order valence-corrected chi connectivity index (χ4v) is 3.89. The number of carbonyl (C=O) groups excluding carboxylic acids is 1. The smallest absolute Gasteiger partial charge is 0.332 e. The van der Waals surface area contributed by atoms with E-state index in [1.165, 1.54) is 37.9 Å². The largest absolute Gasteiger partial charge is 0.494 e. The van der Waals surface area contributed by atoms with Crippen LogP contribution in [-0.4, -0.2) is 37.3 Å². The average Bonchev–Trinajstić information content (AvgIpc) is 3.27. The Kier molecular flexibility index (Phi) is 4.42. The van der Waals surface area contributed by atoms with Crippen LogP contribution in [0, 0.1) is 5.82 Å². The normalized spacial score (nSPS) is 11.3. The number of fused-ring (bicyclic) bond motifs is 2. The van der Waals surface area contributed by atoms with Gasteiger partial charge in [-0.1, -0.05) is 11.3 Å². The highest BCUT2D eigenvalue weighted by Gasteiger charge is 2.19. The predicted molar refractivity (Wildman–Crippen MR) is 105 cm³/mol. The van der Waals surface area contributed by atoms with Gasteiger partial charge in [0.05, 0.1) is 29.4 Å². The Bertz CT molecular complexity index is 1400. The topological polar surface area (TPSA) is 124 Å². The van der Waals surface area contributed by atoms with Gasteiger partial charge in [-0.25, -0.2) is 14.2 Å². The molecule has 29 heavy (non-hydrogen) atoms. The van der Waals surface area contributed by atoms with E-state index >= 15 is 0 Å². The molecule has 1 aromatic carbocycles. The number of ether oxygens (including phenoxy) is 1. The van der Waals surface area contributed by atoms with Crippen molar-refractivity contribution in [2.75, 3.05) is 12.4 Å². The molecular weight excluding hydrogens is 403 g/mol. The van der Waals surface area contributed by atoms with E-state index in [1.807, 2.05) is 0 Å². The molecule has 0 fully saturated rings. The zero-order valence-corrected chi connectivity index (χ0v) is 16.4. The third kappa shape index (κ3) is 3.06. The molecule has 0 saturated carbocycles. The Morgan fingerprint density at radius 3 is 2.79 bits per heavy atom. The zero-order valence-electron chi connectivity index (χ0n) is 15.6. The number of amides is 1. The number of rotatable bonds is 4. The summed E-state index contributed by atoms with van der Waals surface area (Å²) < 4.78 is 21.5. The van der Waals surface area contributed by atoms with Crippen LogP contribution in [0.4, 0.5) is 9.52 Å². The number of halogens is 1. The summed E-state index contributed by atoms with van der Waals surface area (Å²) in [5.41, 5.74) is -0.116. The first kappa shape index (κ1) is 18.8. The summed E-state index contributed by atoms with van der Waals surface area (Å²) in [5, 5.41) is 9.71. The van der Waals surface area contributed by atoms with Crippen LogP contribution in [0.5, 0.6) is 5.75 Å². The number of hydrogen-bond donors (Lipinski definition) is 2. The van der Waals surface area contributed by atoms with Crippen molar-refractivity contribution in [3.63, 3.8) is 0 Å². The molecule has 3 aromatic heterocycles. The Labute approximate surface area is 165 Å². The second kappa shape index (κ2) is 6.81. The van der Waals surface area contributed by atoms with E-state index in [1.54, 1.807) is 0 Å². The summed E-state index contributed by atoms with van der Waals surface area (Å²) in [6, 6.07) is 2.73. The molecule has 12 heteroatoms. The van der Waals surface area contributed by atoms with Crippen molar-refractivity contribution >= 4 is 43.6 Å². The third-order valence-electron chi connectivity index (χ3n) is 4.48. The second-order valence-corrected chi connectivity index (χ2v) is 7.34. The van der Waals surface area contributed by atoms with Gasteiger partial charge in [-0.2, -0.15) is 5.10 Å². The maximum atomic E-state index is 13.8. The number of aromatic amines is 1. The number of thiazole rings is 1. The molecule has 3 heterocycles. The fraction of sp³-hybridized carbons (Fsp3) is 0.235. The second-order valence-electron chi connectivity index (χ2n) is 6.30. The number of benzene rings is 1. The molecule has 4 aromatic rings. The lowest BCUT2D eigenvalue weighted by atomic mass is 10.2. The van der Waals surface area contributed by atoms with Gasteiger partial charge in [0, 0.05) is 20.2 Å². The van der Waals surface area contributed by atoms with Gasteiger partial charge >= 0.3 is 5.69 Å². The molecule has 0 unspecified atom stereocenters. The number of aryl methyl sites for hydroxylation is 1. The van der Waals surface area contributed by atoms with Crippen LogP contribution in [-0.2, 0) is 25.3 Å². The van der Waals surface area contributed by atoms with Crippen LogP contribution in [0.3, 0.4) is 0 Å². The molecule has 1 amide bonds. The monoisotopic (exact) mass is 418 g/mol. The third-order valence-corrected chi connectivity index (χ3v) is 5.41. The van der Waals surface area contributed by atoms with Crippen molar-refractivity contribution in [1.82, 2.24) is 24.3 Å². The van der Waals surface area contributed by atoms with E-state index in [2.05, 4.69) is 20.5 Å². The van der Waals surface area contributed by atoms with Crippen molar-refractivity contribution in [3.8, 4) is 5.75 Å². The molecule has 0 aliphatic heterocycles. The summed E-state index contributed by atoms with van der Waals surface area (Å²) in [6.07, 6.45) is -0.183. The number of nitrogens with one attached hydrogen (secondary N) is 2. The van der Waals surface area contributed by atoms with E-state index in [-0.39, 0.29) is 34.0 Å². The summed E-state index contributed by atoms with van der Waals surface area (Å²) >= 11 is 1.11. The van der Waals surface area contributed by atoms with Crippen molar-refractivity contribution < 1.29 is 13.9 Å². The van der Waals surface area contributed by atoms with Gasteiger partial charge in [-0.05, 0) is 6.07 Å². The van der Waals surface area contributed by atoms with Gasteiger partial charge in [0.15, 0.2) is 22.3 Å². The van der Waals surface area contributed by atoms with Crippen molar-refractivity contribution in [2.24, 2.45) is 14.1 Å². The van der Waals surface area contributed by atoms with Gasteiger partial charge in [-0.15, -0.1) is 0 Å². The molecule has 0 radical (unpaired) electrons. The van der Waals surface area contributed by atoms with Crippen molar-refractivity contribution in [3.05, 3.63) is 44.5 Å². The van der Waals surface area contributed by atoms with Crippen LogP contribution in [0.2, 0.25) is 0 Å². The minimum Gasteiger partial charge on any atom is -0.494 e. The summed E-state index contributed by atoms with van der Waals surface area (Å²) in [6.45, 7) is 0. The summed E-state index contributed by atoms with van der Waals surface area (Å²) in [7, 11) is 4.20. The van der Waals surface area contributed by atoms with Gasteiger partial charge in [0.2, 0.25) is 5.91 Å². The van der Waals surface area contributed by atoms with Crippen molar-refractivity contribution in [2.45, 2.75) is 6.42 Å². The van der Waals surface area contributed by atoms with Crippen molar-refractivity contribution in [1.29, 1.82) is 0 Å². The summed E-state index contributed by atoms with van der Waals surface area (Å²) in [4.78, 5) is 41.1. The molecule has 10 nitrogen and oxygen atoms in total. The molecule has 0 bridgehead atoms. The predicted octanol–water partition coefficient (Wildman–Crippen LogP) is 0.899. The van der Waals surface area contributed by atoms with Crippen LogP contribution < -0.4 is 21.3 Å². The Balaban J connectivity index is 1.63. The molecule has 4 rings (SSSR count). The fourth-order valence-electron chi connectivity index (χ4n) is 3.00. The Morgan fingerprint density at radius 1 is 1.31 bits per heavy atom. The number of H-pyrrole nitrogens is 1. The maximum absolute atomic E-state index is 13.8. The number of methoxy groups -OCH3 is 1. The number of nitrogens with zero attached hydrogens (tertiary/aromatic N) is 4. The number of carbonyl (C=O) groups is 1. The number of anilines is 1. The highest BCUT2D eigenvalue weighted by atomic mass is 32.1. The molecule has 0 atom stereocenters. The number of hydrogen-bond acceptors (Lipinski definition) is 7.